The molecule has 1 aliphatic rings. The van der Waals surface area contributed by atoms with Crippen molar-refractivity contribution in [1.82, 2.24) is 9.80 Å². The maximum Gasteiger partial charge on any atom is 0.271 e. The standard InChI is InChI=1S/C13H15Cl2N3O3/c1-8-7-16(2)3-4-17(8)13(19)10-5-9(18(20)21)6-11(14)12(10)15/h5-6,8H,3-4,7H2,1-2H3. The Kier molecular flexibility index (Phi) is 4.70. The van der Waals surface area contributed by atoms with Crippen molar-refractivity contribution in [2.75, 3.05) is 26.7 Å². The fourth-order valence-corrected chi connectivity index (χ4v) is 2.84. The Bertz CT molecular complexity index is 594. The van der Waals surface area contributed by atoms with Crippen LogP contribution in [0.25, 0.3) is 0 Å². The first-order chi connectivity index (χ1) is 9.81. The second kappa shape index (κ2) is 6.17. The predicted octanol–water partition coefficient (Wildman–Crippen LogP) is 2.68. The molecule has 1 aromatic rings. The SMILES string of the molecule is CC1CN(C)CCN1C(=O)c1cc([N+](=O)[O-])cc(Cl)c1Cl. The van der Waals surface area contributed by atoms with Gasteiger partial charge in [-0.3, -0.25) is 14.9 Å². The number of carbonyl (C=O) groups excluding carboxylic acids is 1. The minimum Gasteiger partial charge on any atom is -0.333 e. The van der Waals surface area contributed by atoms with Crippen LogP contribution in [0.5, 0.6) is 0 Å². The van der Waals surface area contributed by atoms with E-state index in [9.17, 15) is 14.9 Å². The molecule has 1 heterocycles. The van der Waals surface area contributed by atoms with Crippen molar-refractivity contribution in [3.8, 4) is 0 Å². The summed E-state index contributed by atoms with van der Waals surface area (Å²) in [5.74, 6) is -0.328. The highest BCUT2D eigenvalue weighted by molar-refractivity contribution is 6.44. The maximum absolute atomic E-state index is 12.6. The van der Waals surface area contributed by atoms with Crippen molar-refractivity contribution < 1.29 is 9.72 Å². The van der Waals surface area contributed by atoms with E-state index in [-0.39, 0.29) is 33.2 Å². The lowest BCUT2D eigenvalue weighted by molar-refractivity contribution is -0.384. The Morgan fingerprint density at radius 3 is 2.62 bits per heavy atom. The molecular weight excluding hydrogens is 317 g/mol. The third-order valence-electron chi connectivity index (χ3n) is 3.55. The molecule has 0 aliphatic carbocycles. The van der Waals surface area contributed by atoms with Gasteiger partial charge in [0.25, 0.3) is 11.6 Å². The summed E-state index contributed by atoms with van der Waals surface area (Å²) in [5, 5.41) is 11.0. The van der Waals surface area contributed by atoms with Crippen LogP contribution < -0.4 is 0 Å². The van der Waals surface area contributed by atoms with Crippen LogP contribution >= 0.6 is 23.2 Å². The van der Waals surface area contributed by atoms with E-state index in [1.807, 2.05) is 14.0 Å². The van der Waals surface area contributed by atoms with Gasteiger partial charge in [-0.2, -0.15) is 0 Å². The van der Waals surface area contributed by atoms with E-state index >= 15 is 0 Å². The van der Waals surface area contributed by atoms with Gasteiger partial charge in [-0.25, -0.2) is 0 Å². The molecule has 1 amide bonds. The number of halogens is 2. The number of amides is 1. The molecule has 21 heavy (non-hydrogen) atoms. The Balaban J connectivity index is 2.37. The number of benzene rings is 1. The fourth-order valence-electron chi connectivity index (χ4n) is 2.43. The molecule has 1 unspecified atom stereocenters. The number of nitro benzene ring substituents is 1. The Labute approximate surface area is 132 Å². The molecule has 1 saturated heterocycles. The summed E-state index contributed by atoms with van der Waals surface area (Å²) in [4.78, 5) is 26.7. The van der Waals surface area contributed by atoms with Crippen molar-refractivity contribution in [3.05, 3.63) is 37.9 Å². The first-order valence-electron chi connectivity index (χ1n) is 6.44. The molecule has 0 bridgehead atoms. The molecule has 8 heteroatoms. The molecule has 6 nitrogen and oxygen atoms in total. The third kappa shape index (κ3) is 3.28. The highest BCUT2D eigenvalue weighted by Gasteiger charge is 2.29. The van der Waals surface area contributed by atoms with E-state index in [4.69, 9.17) is 23.2 Å². The van der Waals surface area contributed by atoms with E-state index in [0.29, 0.717) is 6.54 Å². The smallest absolute Gasteiger partial charge is 0.271 e. The zero-order valence-corrected chi connectivity index (χ0v) is 13.2. The molecule has 0 saturated carbocycles. The predicted molar refractivity (Wildman–Crippen MR) is 81.1 cm³/mol. The van der Waals surface area contributed by atoms with Crippen LogP contribution in [0.2, 0.25) is 10.0 Å². The summed E-state index contributed by atoms with van der Waals surface area (Å²) in [6, 6.07) is 2.33. The molecule has 1 fully saturated rings. The minimum absolute atomic E-state index is 0.00496. The van der Waals surface area contributed by atoms with Gasteiger partial charge in [-0.05, 0) is 14.0 Å². The molecule has 1 aromatic carbocycles. The summed E-state index contributed by atoms with van der Waals surface area (Å²) in [7, 11) is 1.98. The average molecular weight is 332 g/mol. The Morgan fingerprint density at radius 1 is 1.38 bits per heavy atom. The van der Waals surface area contributed by atoms with Gasteiger partial charge < -0.3 is 9.80 Å². The average Bonchev–Trinajstić information content (AvgIpc) is 2.40. The number of likely N-dealkylation sites (N-methyl/N-ethyl adjacent to an activating group) is 1. The van der Waals surface area contributed by atoms with Gasteiger partial charge in [0.05, 0.1) is 20.5 Å². The largest absolute Gasteiger partial charge is 0.333 e. The lowest BCUT2D eigenvalue weighted by atomic mass is 10.1. The summed E-state index contributed by atoms with van der Waals surface area (Å²) < 4.78 is 0. The van der Waals surface area contributed by atoms with Crippen LogP contribution in [-0.2, 0) is 0 Å². The molecular formula is C13H15Cl2N3O3. The molecule has 1 atom stereocenters. The summed E-state index contributed by atoms with van der Waals surface area (Å²) in [5.41, 5.74) is -0.165. The van der Waals surface area contributed by atoms with E-state index in [1.165, 1.54) is 6.07 Å². The Morgan fingerprint density at radius 2 is 2.05 bits per heavy atom. The van der Waals surface area contributed by atoms with Crippen LogP contribution in [0.3, 0.4) is 0 Å². The van der Waals surface area contributed by atoms with Gasteiger partial charge in [0, 0.05) is 37.8 Å². The van der Waals surface area contributed by atoms with Crippen molar-refractivity contribution >= 4 is 34.8 Å². The number of hydrogen-bond acceptors (Lipinski definition) is 4. The van der Waals surface area contributed by atoms with Crippen LogP contribution in [0.15, 0.2) is 12.1 Å². The number of nitro groups is 1. The van der Waals surface area contributed by atoms with Gasteiger partial charge in [-0.1, -0.05) is 23.2 Å². The summed E-state index contributed by atoms with van der Waals surface area (Å²) >= 11 is 11.9. The van der Waals surface area contributed by atoms with E-state index in [0.717, 1.165) is 19.2 Å². The van der Waals surface area contributed by atoms with E-state index in [1.54, 1.807) is 4.90 Å². The highest BCUT2D eigenvalue weighted by Crippen LogP contribution is 2.32. The van der Waals surface area contributed by atoms with Crippen molar-refractivity contribution in [2.45, 2.75) is 13.0 Å². The topological polar surface area (TPSA) is 66.7 Å². The van der Waals surface area contributed by atoms with Crippen molar-refractivity contribution in [2.24, 2.45) is 0 Å². The number of nitrogens with zero attached hydrogens (tertiary/aromatic N) is 3. The zero-order valence-electron chi connectivity index (χ0n) is 11.7. The lowest BCUT2D eigenvalue weighted by Gasteiger charge is -2.38. The van der Waals surface area contributed by atoms with Gasteiger partial charge in [-0.15, -0.1) is 0 Å². The molecule has 0 spiro atoms. The first-order valence-corrected chi connectivity index (χ1v) is 7.19. The van der Waals surface area contributed by atoms with Crippen molar-refractivity contribution in [3.63, 3.8) is 0 Å². The Hall–Kier alpha value is -1.37. The van der Waals surface area contributed by atoms with E-state index in [2.05, 4.69) is 4.90 Å². The lowest BCUT2D eigenvalue weighted by Crippen LogP contribution is -2.52. The van der Waals surface area contributed by atoms with E-state index < -0.39 is 4.92 Å². The van der Waals surface area contributed by atoms with Crippen LogP contribution in [0.1, 0.15) is 17.3 Å². The monoisotopic (exact) mass is 331 g/mol. The second-order valence-corrected chi connectivity index (χ2v) is 5.94. The first kappa shape index (κ1) is 16.0. The van der Waals surface area contributed by atoms with Gasteiger partial charge >= 0.3 is 0 Å². The normalized spacial score (nSPS) is 19.6. The molecule has 0 aromatic heterocycles. The molecule has 114 valence electrons. The highest BCUT2D eigenvalue weighted by atomic mass is 35.5. The number of carbonyl (C=O) groups is 1. The molecule has 1 aliphatic heterocycles. The molecule has 0 radical (unpaired) electrons. The van der Waals surface area contributed by atoms with Crippen molar-refractivity contribution in [1.29, 1.82) is 0 Å². The second-order valence-electron chi connectivity index (χ2n) is 5.16. The number of rotatable bonds is 2. The summed E-state index contributed by atoms with van der Waals surface area (Å²) in [6.07, 6.45) is 0. The molecule has 2 rings (SSSR count). The summed E-state index contributed by atoms with van der Waals surface area (Å²) in [6.45, 7) is 3.97. The minimum atomic E-state index is -0.591. The molecule has 0 N–H and O–H groups in total. The van der Waals surface area contributed by atoms with Gasteiger partial charge in [0.1, 0.15) is 0 Å². The maximum atomic E-state index is 12.6. The number of hydrogen-bond donors (Lipinski definition) is 0. The fraction of sp³-hybridized carbons (Fsp3) is 0.462. The van der Waals surface area contributed by atoms with Crippen LogP contribution in [0, 0.1) is 10.1 Å². The quantitative estimate of drug-likeness (QED) is 0.617. The number of piperazine rings is 1. The third-order valence-corrected chi connectivity index (χ3v) is 4.35. The van der Waals surface area contributed by atoms with Gasteiger partial charge in [0.2, 0.25) is 0 Å². The van der Waals surface area contributed by atoms with Crippen LogP contribution in [-0.4, -0.2) is 53.4 Å². The zero-order chi connectivity index (χ0) is 15.7. The van der Waals surface area contributed by atoms with Crippen LogP contribution in [0.4, 0.5) is 5.69 Å². The number of non-ortho nitro benzene ring substituents is 1. The van der Waals surface area contributed by atoms with Gasteiger partial charge in [0.15, 0.2) is 0 Å².